The summed E-state index contributed by atoms with van der Waals surface area (Å²) in [6, 6.07) is 0. The Morgan fingerprint density at radius 2 is 1.18 bits per heavy atom. The molecule has 0 saturated carbocycles. The van der Waals surface area contributed by atoms with E-state index in [1.165, 1.54) is 0 Å². The van der Waals surface area contributed by atoms with Crippen LogP contribution in [-0.2, 0) is 14.4 Å². The van der Waals surface area contributed by atoms with E-state index in [0.717, 1.165) is 0 Å². The van der Waals surface area contributed by atoms with Crippen LogP contribution in [0.2, 0.25) is 0 Å². The number of hydrogen-bond donors (Lipinski definition) is 0. The van der Waals surface area contributed by atoms with E-state index < -0.39 is 21.4 Å². The molecular weight excluding hydrogens is 236 g/mol. The van der Waals surface area contributed by atoms with Crippen molar-refractivity contribution >= 4 is 0 Å². The van der Waals surface area contributed by atoms with Crippen molar-refractivity contribution in [2.75, 3.05) is 13.2 Å². The molecule has 0 radical (unpaired) electrons. The van der Waals surface area contributed by atoms with Gasteiger partial charge in [0.2, 0.25) is 0 Å². The number of rotatable bonds is 8. The van der Waals surface area contributed by atoms with Gasteiger partial charge in [-0.3, -0.25) is 0 Å². The van der Waals surface area contributed by atoms with Gasteiger partial charge in [-0.25, -0.2) is 0 Å². The molecule has 0 bridgehead atoms. The van der Waals surface area contributed by atoms with E-state index in [2.05, 4.69) is 9.68 Å². The summed E-state index contributed by atoms with van der Waals surface area (Å²) in [5, 5.41) is 18.2. The Bertz CT molecular complexity index is 262. The van der Waals surface area contributed by atoms with Crippen molar-refractivity contribution in [2.45, 2.75) is 38.9 Å². The molecule has 0 atom stereocenters. The van der Waals surface area contributed by atoms with Gasteiger partial charge in [0.25, 0.3) is 10.2 Å². The molecule has 0 spiro atoms. The van der Waals surface area contributed by atoms with E-state index in [-0.39, 0.29) is 13.2 Å². The summed E-state index contributed by atoms with van der Waals surface area (Å²) < 4.78 is 5.47. The molecule has 0 aromatic carbocycles. The van der Waals surface area contributed by atoms with E-state index in [1.54, 1.807) is 27.7 Å². The Balaban J connectivity index is 4.26. The van der Waals surface area contributed by atoms with Crippen LogP contribution in [0.15, 0.2) is 0 Å². The zero-order valence-electron chi connectivity index (χ0n) is 10.2. The molecule has 0 aromatic heterocycles. The third-order valence-electron chi connectivity index (χ3n) is 1.59. The van der Waals surface area contributed by atoms with Crippen LogP contribution in [0.25, 0.3) is 0 Å². The van der Waals surface area contributed by atoms with Crippen molar-refractivity contribution in [3.8, 4) is 0 Å². The standard InChI is InChI=1S/C8H16N2O7/c1-7(2,5-15-9(11)12)17-8(3,4)6-16-10(13)14/h5-6H2,1-4H3. The highest BCUT2D eigenvalue weighted by atomic mass is 17.0. The van der Waals surface area contributed by atoms with Crippen LogP contribution in [0.1, 0.15) is 27.7 Å². The molecule has 0 rings (SSSR count). The lowest BCUT2D eigenvalue weighted by Gasteiger charge is -2.34. The molecule has 0 N–H and O–H groups in total. The summed E-state index contributed by atoms with van der Waals surface area (Å²) in [5.41, 5.74) is -1.92. The molecule has 100 valence electrons. The topological polar surface area (TPSA) is 114 Å². The molecule has 0 aliphatic carbocycles. The van der Waals surface area contributed by atoms with Gasteiger partial charge in [-0.1, -0.05) is 0 Å². The summed E-state index contributed by atoms with van der Waals surface area (Å²) in [6.45, 7) is 5.74. The third-order valence-corrected chi connectivity index (χ3v) is 1.59. The summed E-state index contributed by atoms with van der Waals surface area (Å²) >= 11 is 0. The zero-order valence-corrected chi connectivity index (χ0v) is 10.2. The molecule has 17 heavy (non-hydrogen) atoms. The maximum absolute atomic E-state index is 10.0. The molecule has 0 unspecified atom stereocenters. The van der Waals surface area contributed by atoms with E-state index in [9.17, 15) is 20.2 Å². The molecule has 9 nitrogen and oxygen atoms in total. The fourth-order valence-electron chi connectivity index (χ4n) is 1.22. The number of nitrogens with zero attached hydrogens (tertiary/aromatic N) is 2. The van der Waals surface area contributed by atoms with Gasteiger partial charge in [-0.15, -0.1) is 20.2 Å². The molecule has 9 heteroatoms. The second kappa shape index (κ2) is 5.62. The lowest BCUT2D eigenvalue weighted by atomic mass is 10.1. The lowest BCUT2D eigenvalue weighted by Crippen LogP contribution is -2.43. The molecule has 0 amide bonds. The SMILES string of the molecule is CC(C)(CO[N+](=O)[O-])OC(C)(C)CO[N+](=O)[O-]. The molecule has 0 aromatic rings. The minimum atomic E-state index is -0.962. The molecule has 0 saturated heterocycles. The van der Waals surface area contributed by atoms with Gasteiger partial charge in [0.15, 0.2) is 0 Å². The molecule has 0 aliphatic heterocycles. The molecule has 0 heterocycles. The minimum absolute atomic E-state index is 0.276. The first-order valence-electron chi connectivity index (χ1n) is 4.79. The second-order valence-electron chi connectivity index (χ2n) is 4.62. The van der Waals surface area contributed by atoms with Crippen LogP contribution in [0, 0.1) is 20.2 Å². The van der Waals surface area contributed by atoms with Crippen molar-refractivity contribution < 1.29 is 24.6 Å². The van der Waals surface area contributed by atoms with Gasteiger partial charge in [0.05, 0.1) is 11.2 Å². The maximum atomic E-state index is 10.0. The predicted octanol–water partition coefficient (Wildman–Crippen LogP) is 0.977. The van der Waals surface area contributed by atoms with Crippen LogP contribution in [0.4, 0.5) is 0 Å². The van der Waals surface area contributed by atoms with Crippen molar-refractivity contribution in [2.24, 2.45) is 0 Å². The zero-order chi connectivity index (χ0) is 13.7. The predicted molar refractivity (Wildman–Crippen MR) is 55.1 cm³/mol. The average molecular weight is 252 g/mol. The maximum Gasteiger partial charge on any atom is 0.294 e. The van der Waals surface area contributed by atoms with E-state index in [1.807, 2.05) is 0 Å². The average Bonchev–Trinajstić information content (AvgIpc) is 2.10. The van der Waals surface area contributed by atoms with Crippen molar-refractivity contribution in [3.63, 3.8) is 0 Å². The quantitative estimate of drug-likeness (QED) is 0.467. The highest BCUT2D eigenvalue weighted by Gasteiger charge is 2.31. The van der Waals surface area contributed by atoms with Crippen LogP contribution in [0.5, 0.6) is 0 Å². The second-order valence-corrected chi connectivity index (χ2v) is 4.62. The Hall–Kier alpha value is -1.64. The molecule has 0 aliphatic rings. The number of ether oxygens (including phenoxy) is 1. The van der Waals surface area contributed by atoms with E-state index in [0.29, 0.717) is 0 Å². The monoisotopic (exact) mass is 252 g/mol. The van der Waals surface area contributed by atoms with Gasteiger partial charge in [0.1, 0.15) is 13.2 Å². The van der Waals surface area contributed by atoms with Crippen molar-refractivity contribution in [3.05, 3.63) is 20.2 Å². The van der Waals surface area contributed by atoms with Crippen LogP contribution >= 0.6 is 0 Å². The highest BCUT2D eigenvalue weighted by Crippen LogP contribution is 2.21. The normalized spacial score (nSPS) is 12.0. The van der Waals surface area contributed by atoms with Crippen molar-refractivity contribution in [1.82, 2.24) is 0 Å². The van der Waals surface area contributed by atoms with Crippen molar-refractivity contribution in [1.29, 1.82) is 0 Å². The third kappa shape index (κ3) is 8.20. The van der Waals surface area contributed by atoms with Crippen LogP contribution < -0.4 is 0 Å². The minimum Gasteiger partial charge on any atom is -0.366 e. The number of hydrogen-bond acceptors (Lipinski definition) is 7. The Kier molecular flexibility index (Phi) is 5.08. The van der Waals surface area contributed by atoms with Crippen LogP contribution in [-0.4, -0.2) is 34.6 Å². The first-order chi connectivity index (χ1) is 7.54. The summed E-state index contributed by atoms with van der Waals surface area (Å²) in [5.74, 6) is 0. The molecular formula is C8H16N2O7. The first kappa shape index (κ1) is 15.4. The Morgan fingerprint density at radius 3 is 1.41 bits per heavy atom. The summed E-state index contributed by atoms with van der Waals surface area (Å²) in [4.78, 5) is 28.5. The van der Waals surface area contributed by atoms with Gasteiger partial charge < -0.3 is 14.4 Å². The van der Waals surface area contributed by atoms with E-state index >= 15 is 0 Å². The summed E-state index contributed by atoms with van der Waals surface area (Å²) in [6.07, 6.45) is 0. The fraction of sp³-hybridized carbons (Fsp3) is 1.00. The first-order valence-corrected chi connectivity index (χ1v) is 4.79. The summed E-state index contributed by atoms with van der Waals surface area (Å²) in [7, 11) is 0. The lowest BCUT2D eigenvalue weighted by molar-refractivity contribution is -0.764. The Labute approximate surface area is 97.8 Å². The van der Waals surface area contributed by atoms with Gasteiger partial charge >= 0.3 is 0 Å². The fourth-order valence-corrected chi connectivity index (χ4v) is 1.22. The highest BCUT2D eigenvalue weighted by molar-refractivity contribution is 4.76. The smallest absolute Gasteiger partial charge is 0.294 e. The van der Waals surface area contributed by atoms with Gasteiger partial charge in [-0.05, 0) is 27.7 Å². The molecule has 0 fully saturated rings. The largest absolute Gasteiger partial charge is 0.366 e. The van der Waals surface area contributed by atoms with Gasteiger partial charge in [0, 0.05) is 0 Å². The van der Waals surface area contributed by atoms with Gasteiger partial charge in [-0.2, -0.15) is 0 Å². The van der Waals surface area contributed by atoms with Crippen LogP contribution in [0.3, 0.4) is 0 Å². The van der Waals surface area contributed by atoms with E-state index in [4.69, 9.17) is 4.74 Å². The Morgan fingerprint density at radius 1 is 0.882 bits per heavy atom.